The van der Waals surface area contributed by atoms with Crippen LogP contribution in [0.1, 0.15) is 5.56 Å². The third-order valence-corrected chi connectivity index (χ3v) is 1.50. The van der Waals surface area contributed by atoms with Gasteiger partial charge in [0.25, 0.3) is 0 Å². The second-order valence-electron chi connectivity index (χ2n) is 1.51. The molecule has 0 aliphatic heterocycles. The van der Waals surface area contributed by atoms with Gasteiger partial charge < -0.3 is 0 Å². The van der Waals surface area contributed by atoms with E-state index in [2.05, 4.69) is 30.0 Å². The average molecular weight is 222 g/mol. The van der Waals surface area contributed by atoms with Crippen LogP contribution in [0.3, 0.4) is 0 Å². The molecule has 47 valence electrons. The maximum atomic E-state index is 2.48. The minimum atomic E-state index is 0. The van der Waals surface area contributed by atoms with Crippen LogP contribution in [-0.2, 0) is 17.9 Å². The fourth-order valence-electron chi connectivity index (χ4n) is 0.521. The van der Waals surface area contributed by atoms with E-state index in [1.807, 2.05) is 22.8 Å². The summed E-state index contributed by atoms with van der Waals surface area (Å²) in [6.45, 7) is 0. The van der Waals surface area contributed by atoms with Gasteiger partial charge in [-0.15, -0.1) is 0 Å². The summed E-state index contributed by atoms with van der Waals surface area (Å²) in [6.07, 6.45) is 0. The van der Waals surface area contributed by atoms with Crippen molar-refractivity contribution in [3.05, 3.63) is 35.9 Å². The summed E-state index contributed by atoms with van der Waals surface area (Å²) in [7, 11) is 0. The van der Waals surface area contributed by atoms with Crippen molar-refractivity contribution in [2.75, 3.05) is 0 Å². The molecule has 1 aromatic carbocycles. The van der Waals surface area contributed by atoms with Gasteiger partial charge in [0.1, 0.15) is 0 Å². The Labute approximate surface area is 68.5 Å². The Morgan fingerprint density at radius 3 is 2.00 bits per heavy atom. The first-order valence-electron chi connectivity index (χ1n) is 2.40. The molecule has 0 aromatic heterocycles. The SMILES string of the molecule is [P].[Ru]=[CH]c1ccccc1. The summed E-state index contributed by atoms with van der Waals surface area (Å²) >= 11 is 2.48. The van der Waals surface area contributed by atoms with Crippen molar-refractivity contribution in [2.24, 2.45) is 0 Å². The van der Waals surface area contributed by atoms with E-state index in [9.17, 15) is 0 Å². The van der Waals surface area contributed by atoms with Crippen LogP contribution in [0.15, 0.2) is 30.3 Å². The van der Waals surface area contributed by atoms with Crippen molar-refractivity contribution >= 4 is 14.5 Å². The third-order valence-electron chi connectivity index (χ3n) is 0.917. The molecular weight excluding hydrogens is 216 g/mol. The Kier molecular flexibility index (Phi) is 5.05. The van der Waals surface area contributed by atoms with Gasteiger partial charge in [-0.25, -0.2) is 0 Å². The third kappa shape index (κ3) is 2.99. The van der Waals surface area contributed by atoms with Crippen molar-refractivity contribution in [3.63, 3.8) is 0 Å². The molecule has 0 heterocycles. The Morgan fingerprint density at radius 1 is 1.11 bits per heavy atom. The van der Waals surface area contributed by atoms with Gasteiger partial charge in [0.15, 0.2) is 0 Å². The van der Waals surface area contributed by atoms with Gasteiger partial charge in [0, 0.05) is 9.90 Å². The van der Waals surface area contributed by atoms with Crippen LogP contribution in [0.25, 0.3) is 0 Å². The zero-order chi connectivity index (χ0) is 5.82. The Balaban J connectivity index is 0.000000640. The van der Waals surface area contributed by atoms with Gasteiger partial charge in [-0.2, -0.15) is 0 Å². The quantitative estimate of drug-likeness (QED) is 0.505. The number of hydrogen-bond acceptors (Lipinski definition) is 0. The summed E-state index contributed by atoms with van der Waals surface area (Å²) in [5, 5.41) is 0. The van der Waals surface area contributed by atoms with E-state index in [4.69, 9.17) is 0 Å². The van der Waals surface area contributed by atoms with Crippen LogP contribution >= 0.6 is 9.90 Å². The van der Waals surface area contributed by atoms with Crippen molar-refractivity contribution in [2.45, 2.75) is 0 Å². The van der Waals surface area contributed by atoms with Crippen LogP contribution in [0.4, 0.5) is 0 Å². The Morgan fingerprint density at radius 2 is 1.67 bits per heavy atom. The molecule has 0 spiro atoms. The van der Waals surface area contributed by atoms with Crippen molar-refractivity contribution in [1.82, 2.24) is 0 Å². The molecule has 0 N–H and O–H groups in total. The first-order chi connectivity index (χ1) is 3.93. The van der Waals surface area contributed by atoms with Crippen molar-refractivity contribution in [3.8, 4) is 0 Å². The molecule has 9 heavy (non-hydrogen) atoms. The van der Waals surface area contributed by atoms with Crippen LogP contribution in [0.2, 0.25) is 0 Å². The predicted octanol–water partition coefficient (Wildman–Crippen LogP) is 2.24. The summed E-state index contributed by atoms with van der Waals surface area (Å²) in [5.74, 6) is 0. The van der Waals surface area contributed by atoms with E-state index < -0.39 is 0 Å². The molecule has 2 heteroatoms. The van der Waals surface area contributed by atoms with Crippen molar-refractivity contribution in [1.29, 1.82) is 0 Å². The summed E-state index contributed by atoms with van der Waals surface area (Å²) in [6, 6.07) is 10.2. The van der Waals surface area contributed by atoms with Gasteiger partial charge in [0.2, 0.25) is 0 Å². The van der Waals surface area contributed by atoms with Crippen molar-refractivity contribution < 1.29 is 17.9 Å². The predicted molar refractivity (Wildman–Crippen MR) is 38.5 cm³/mol. The molecule has 0 amide bonds. The maximum absolute atomic E-state index is 2.48. The molecule has 3 radical (unpaired) electrons. The molecule has 0 fully saturated rings. The molecule has 0 nitrogen and oxygen atoms in total. The van der Waals surface area contributed by atoms with E-state index in [0.717, 1.165) is 0 Å². The Hall–Kier alpha value is 0.143. The van der Waals surface area contributed by atoms with E-state index in [0.29, 0.717) is 0 Å². The monoisotopic (exact) mass is 223 g/mol. The van der Waals surface area contributed by atoms with Crippen LogP contribution in [0, 0.1) is 0 Å². The second-order valence-corrected chi connectivity index (χ2v) is 2.01. The molecule has 0 atom stereocenters. The standard InChI is InChI=1S/C7H6.P.Ru/c1-7-5-3-2-4-6-7;;/h1-6H;;. The molecule has 0 bridgehead atoms. The van der Waals surface area contributed by atoms with E-state index in [1.165, 1.54) is 5.56 Å². The van der Waals surface area contributed by atoms with Gasteiger partial charge >= 0.3 is 58.4 Å². The minimum absolute atomic E-state index is 0. The van der Waals surface area contributed by atoms with Gasteiger partial charge in [0.05, 0.1) is 0 Å². The normalized spacial score (nSPS) is 7.67. The number of hydrogen-bond donors (Lipinski definition) is 0. The number of rotatable bonds is 1. The first-order valence-corrected chi connectivity index (χ1v) is 3.41. The summed E-state index contributed by atoms with van der Waals surface area (Å²) in [5.41, 5.74) is 1.25. The molecule has 1 aromatic rings. The Bertz CT molecular complexity index is 172. The topological polar surface area (TPSA) is 0 Å². The molecule has 1 rings (SSSR count). The summed E-state index contributed by atoms with van der Waals surface area (Å²) < 4.78 is 2.01. The van der Waals surface area contributed by atoms with E-state index >= 15 is 0 Å². The fraction of sp³-hybridized carbons (Fsp3) is 0. The van der Waals surface area contributed by atoms with Gasteiger partial charge in [-0.3, -0.25) is 0 Å². The van der Waals surface area contributed by atoms with E-state index in [1.54, 1.807) is 0 Å². The molecule has 0 unspecified atom stereocenters. The summed E-state index contributed by atoms with van der Waals surface area (Å²) in [4.78, 5) is 0. The molecule has 0 saturated heterocycles. The second kappa shape index (κ2) is 4.97. The van der Waals surface area contributed by atoms with E-state index in [-0.39, 0.29) is 9.90 Å². The van der Waals surface area contributed by atoms with Gasteiger partial charge in [-0.1, -0.05) is 0 Å². The average Bonchev–Trinajstić information content (AvgIpc) is 1.90. The van der Waals surface area contributed by atoms with Gasteiger partial charge in [-0.05, 0) is 0 Å². The van der Waals surface area contributed by atoms with Crippen LogP contribution in [-0.4, -0.2) is 4.61 Å². The first kappa shape index (κ1) is 9.14. The van der Waals surface area contributed by atoms with Crippen LogP contribution < -0.4 is 0 Å². The molecule has 0 saturated carbocycles. The zero-order valence-electron chi connectivity index (χ0n) is 4.76. The molecular formula is C7H6PRu. The number of benzene rings is 1. The fourth-order valence-corrected chi connectivity index (χ4v) is 0.856. The zero-order valence-corrected chi connectivity index (χ0v) is 7.40. The van der Waals surface area contributed by atoms with Crippen LogP contribution in [0.5, 0.6) is 0 Å². The molecule has 0 aliphatic rings. The molecule has 0 aliphatic carbocycles.